The van der Waals surface area contributed by atoms with Crippen molar-refractivity contribution in [1.82, 2.24) is 29.5 Å². The molecule has 0 saturated carbocycles. The summed E-state index contributed by atoms with van der Waals surface area (Å²) < 4.78 is 32.6. The van der Waals surface area contributed by atoms with E-state index in [9.17, 15) is 18.5 Å². The lowest BCUT2D eigenvalue weighted by Gasteiger charge is -2.35. The van der Waals surface area contributed by atoms with Crippen LogP contribution in [0.5, 0.6) is 0 Å². The predicted octanol–water partition coefficient (Wildman–Crippen LogP) is -0.498. The molecule has 0 bridgehead atoms. The Labute approximate surface area is 167 Å². The number of piperazine rings is 1. The van der Waals surface area contributed by atoms with E-state index in [0.29, 0.717) is 50.9 Å². The topological polar surface area (TPSA) is 152 Å². The fourth-order valence-corrected chi connectivity index (χ4v) is 4.38. The molecule has 0 aromatic carbocycles. The van der Waals surface area contributed by atoms with Gasteiger partial charge in [0.05, 0.1) is 17.2 Å². The molecular weight excluding hydrogens is 404 g/mol. The Morgan fingerprint density at radius 2 is 2.14 bits per heavy atom. The fraction of sp³-hybridized carbons (Fsp3) is 0.533. The van der Waals surface area contributed by atoms with Crippen LogP contribution in [0.2, 0.25) is 0 Å². The second kappa shape index (κ2) is 9.00. The standard InChI is InChI=1S/C15H22N8O5S/c1-16-15(17-3-4-21-11-14(10-18-21)23(24)25)20-5-7-22(8-6-20)29(26,27)12-13-2-9-28-19-13/h2,9-11H,3-8,12H2,1H3,(H,16,17). The van der Waals surface area contributed by atoms with E-state index < -0.39 is 14.9 Å². The Bertz CT molecular complexity index is 947. The molecule has 0 radical (unpaired) electrons. The minimum absolute atomic E-state index is 0.0580. The molecule has 1 N–H and O–H groups in total. The minimum atomic E-state index is -3.46. The molecule has 0 atom stereocenters. The van der Waals surface area contributed by atoms with Gasteiger partial charge in [0, 0.05) is 45.8 Å². The number of rotatable bonds is 7. The van der Waals surface area contributed by atoms with Crippen LogP contribution in [0.15, 0.2) is 34.2 Å². The smallest absolute Gasteiger partial charge is 0.306 e. The summed E-state index contributed by atoms with van der Waals surface area (Å²) in [5.74, 6) is 0.451. The lowest BCUT2D eigenvalue weighted by molar-refractivity contribution is -0.385. The molecule has 3 heterocycles. The van der Waals surface area contributed by atoms with E-state index >= 15 is 0 Å². The van der Waals surface area contributed by atoms with E-state index in [1.165, 1.54) is 33.7 Å². The number of aromatic nitrogens is 3. The average Bonchev–Trinajstić information content (AvgIpc) is 3.37. The normalized spacial score (nSPS) is 16.2. The summed E-state index contributed by atoms with van der Waals surface area (Å²) >= 11 is 0. The van der Waals surface area contributed by atoms with Crippen molar-refractivity contribution in [2.45, 2.75) is 12.3 Å². The van der Waals surface area contributed by atoms with Crippen molar-refractivity contribution in [2.24, 2.45) is 4.99 Å². The van der Waals surface area contributed by atoms with Gasteiger partial charge in [-0.1, -0.05) is 5.16 Å². The van der Waals surface area contributed by atoms with Gasteiger partial charge in [-0.25, -0.2) is 8.42 Å². The fourth-order valence-electron chi connectivity index (χ4n) is 2.95. The number of aliphatic imine (C=N–C) groups is 1. The molecule has 1 saturated heterocycles. The SMILES string of the molecule is CN=C(NCCn1cc([N+](=O)[O-])cn1)N1CCN(S(=O)(=O)Cc2ccon2)CC1. The second-order valence-electron chi connectivity index (χ2n) is 6.33. The number of nitrogens with zero attached hydrogens (tertiary/aromatic N) is 7. The van der Waals surface area contributed by atoms with Gasteiger partial charge in [0.25, 0.3) is 0 Å². The quantitative estimate of drug-likeness (QED) is 0.267. The Balaban J connectivity index is 1.47. The van der Waals surface area contributed by atoms with Crippen molar-refractivity contribution in [1.29, 1.82) is 0 Å². The van der Waals surface area contributed by atoms with Gasteiger partial charge in [-0.15, -0.1) is 0 Å². The third-order valence-electron chi connectivity index (χ3n) is 4.42. The van der Waals surface area contributed by atoms with Gasteiger partial charge in [0.1, 0.15) is 24.4 Å². The summed E-state index contributed by atoms with van der Waals surface area (Å²) in [5.41, 5.74) is 0.320. The molecule has 13 nitrogen and oxygen atoms in total. The molecule has 0 unspecified atom stereocenters. The minimum Gasteiger partial charge on any atom is -0.364 e. The third kappa shape index (κ3) is 5.29. The van der Waals surface area contributed by atoms with Crippen molar-refractivity contribution >= 4 is 21.7 Å². The zero-order valence-corrected chi connectivity index (χ0v) is 16.7. The van der Waals surface area contributed by atoms with Gasteiger partial charge < -0.3 is 14.7 Å². The first-order chi connectivity index (χ1) is 13.9. The van der Waals surface area contributed by atoms with Gasteiger partial charge in [-0.3, -0.25) is 19.8 Å². The predicted molar refractivity (Wildman–Crippen MR) is 103 cm³/mol. The Morgan fingerprint density at radius 3 is 2.72 bits per heavy atom. The highest BCUT2D eigenvalue weighted by Crippen LogP contribution is 2.13. The lowest BCUT2D eigenvalue weighted by Crippen LogP contribution is -2.54. The van der Waals surface area contributed by atoms with Crippen LogP contribution in [-0.4, -0.2) is 83.2 Å². The number of hydrogen-bond donors (Lipinski definition) is 1. The summed E-state index contributed by atoms with van der Waals surface area (Å²) in [5, 5.41) is 21.5. The average molecular weight is 426 g/mol. The summed E-state index contributed by atoms with van der Waals surface area (Å²) in [6, 6.07) is 1.54. The Morgan fingerprint density at radius 1 is 1.38 bits per heavy atom. The molecule has 2 aromatic rings. The van der Waals surface area contributed by atoms with Gasteiger partial charge in [0.15, 0.2) is 5.96 Å². The van der Waals surface area contributed by atoms with Crippen LogP contribution in [0, 0.1) is 10.1 Å². The summed E-state index contributed by atoms with van der Waals surface area (Å²) in [6.45, 7) is 2.56. The molecular formula is C15H22N8O5S. The molecule has 0 amide bonds. The van der Waals surface area contributed by atoms with Crippen LogP contribution in [0.1, 0.15) is 5.69 Å². The van der Waals surface area contributed by atoms with E-state index in [2.05, 4.69) is 25.1 Å². The molecule has 14 heteroatoms. The van der Waals surface area contributed by atoms with Crippen LogP contribution in [0.25, 0.3) is 0 Å². The van der Waals surface area contributed by atoms with E-state index in [1.807, 2.05) is 4.90 Å². The van der Waals surface area contributed by atoms with Crippen molar-refractivity contribution in [2.75, 3.05) is 39.8 Å². The Kier molecular flexibility index (Phi) is 6.43. The molecule has 29 heavy (non-hydrogen) atoms. The van der Waals surface area contributed by atoms with Crippen molar-refractivity contribution in [3.8, 4) is 0 Å². The monoisotopic (exact) mass is 426 g/mol. The molecule has 158 valence electrons. The van der Waals surface area contributed by atoms with Crippen molar-refractivity contribution in [3.05, 3.63) is 40.5 Å². The van der Waals surface area contributed by atoms with Gasteiger partial charge in [-0.2, -0.15) is 9.40 Å². The lowest BCUT2D eigenvalue weighted by atomic mass is 10.4. The Hall–Kier alpha value is -3.00. The summed E-state index contributed by atoms with van der Waals surface area (Å²) in [7, 11) is -1.81. The maximum atomic E-state index is 12.5. The molecule has 3 rings (SSSR count). The number of nitrogens with one attached hydrogen (secondary N) is 1. The molecule has 1 aliphatic rings. The maximum absolute atomic E-state index is 12.5. The first-order valence-corrected chi connectivity index (χ1v) is 10.5. The number of sulfonamides is 1. The van der Waals surface area contributed by atoms with Gasteiger partial charge in [0.2, 0.25) is 10.0 Å². The van der Waals surface area contributed by atoms with E-state index in [0.717, 1.165) is 0 Å². The number of nitro groups is 1. The molecule has 2 aromatic heterocycles. The van der Waals surface area contributed by atoms with Crippen LogP contribution in [-0.2, 0) is 22.3 Å². The zero-order valence-electron chi connectivity index (χ0n) is 15.8. The maximum Gasteiger partial charge on any atom is 0.306 e. The summed E-state index contributed by atoms with van der Waals surface area (Å²) in [4.78, 5) is 16.4. The zero-order chi connectivity index (χ0) is 20.9. The van der Waals surface area contributed by atoms with Gasteiger partial charge >= 0.3 is 5.69 Å². The van der Waals surface area contributed by atoms with Crippen LogP contribution < -0.4 is 5.32 Å². The van der Waals surface area contributed by atoms with E-state index in [-0.39, 0.29) is 11.4 Å². The first-order valence-electron chi connectivity index (χ1n) is 8.88. The largest absolute Gasteiger partial charge is 0.364 e. The molecule has 1 fully saturated rings. The van der Waals surface area contributed by atoms with Crippen LogP contribution in [0.3, 0.4) is 0 Å². The van der Waals surface area contributed by atoms with Crippen molar-refractivity contribution < 1.29 is 17.9 Å². The van der Waals surface area contributed by atoms with Gasteiger partial charge in [-0.05, 0) is 0 Å². The highest BCUT2D eigenvalue weighted by Gasteiger charge is 2.28. The van der Waals surface area contributed by atoms with E-state index in [1.54, 1.807) is 7.05 Å². The van der Waals surface area contributed by atoms with Crippen LogP contribution in [0.4, 0.5) is 5.69 Å². The number of hydrogen-bond acceptors (Lipinski definition) is 8. The summed E-state index contributed by atoms with van der Waals surface area (Å²) in [6.07, 6.45) is 3.91. The highest BCUT2D eigenvalue weighted by atomic mass is 32.2. The van der Waals surface area contributed by atoms with E-state index in [4.69, 9.17) is 0 Å². The molecule has 0 aliphatic carbocycles. The second-order valence-corrected chi connectivity index (χ2v) is 8.29. The molecule has 0 spiro atoms. The highest BCUT2D eigenvalue weighted by molar-refractivity contribution is 7.88. The van der Waals surface area contributed by atoms with Crippen molar-refractivity contribution in [3.63, 3.8) is 0 Å². The third-order valence-corrected chi connectivity index (χ3v) is 6.23. The first kappa shape index (κ1) is 20.7. The van der Waals surface area contributed by atoms with Crippen LogP contribution >= 0.6 is 0 Å². The molecule has 1 aliphatic heterocycles. The number of guanidine groups is 1.